The molecule has 0 aliphatic heterocycles. The van der Waals surface area contributed by atoms with Crippen molar-refractivity contribution in [2.45, 2.75) is 13.8 Å². The van der Waals surface area contributed by atoms with E-state index in [9.17, 15) is 0 Å². The molecule has 0 saturated carbocycles. The predicted octanol–water partition coefficient (Wildman–Crippen LogP) is 4.33. The van der Waals surface area contributed by atoms with Crippen LogP contribution in [0.5, 0.6) is 5.75 Å². The fourth-order valence-corrected chi connectivity index (χ4v) is 3.82. The minimum Gasteiger partial charge on any atom is -0.497 e. The molecule has 0 radical (unpaired) electrons. The third-order valence-electron chi connectivity index (χ3n) is 4.18. The number of hydrogen-bond donors (Lipinski definition) is 1. The van der Waals surface area contributed by atoms with E-state index in [4.69, 9.17) is 10.5 Å². The van der Waals surface area contributed by atoms with E-state index in [2.05, 4.69) is 33.4 Å². The third-order valence-corrected chi connectivity index (χ3v) is 5.11. The molecular weight excluding hydrogens is 332 g/mol. The molecule has 25 heavy (non-hydrogen) atoms. The summed E-state index contributed by atoms with van der Waals surface area (Å²) in [6, 6.07) is 12.1. The zero-order chi connectivity index (χ0) is 17.6. The summed E-state index contributed by atoms with van der Waals surface area (Å²) >= 11 is 1.48. The smallest absolute Gasteiger partial charge is 0.181 e. The van der Waals surface area contributed by atoms with Crippen LogP contribution in [0.2, 0.25) is 0 Å². The van der Waals surface area contributed by atoms with Gasteiger partial charge in [-0.2, -0.15) is 0 Å². The lowest BCUT2D eigenvalue weighted by Crippen LogP contribution is -1.92. The Morgan fingerprint density at radius 1 is 1.08 bits per heavy atom. The molecule has 0 atom stereocenters. The van der Waals surface area contributed by atoms with Crippen LogP contribution in [0.4, 0.5) is 5.13 Å². The predicted molar refractivity (Wildman–Crippen MR) is 102 cm³/mol. The zero-order valence-corrected chi connectivity index (χ0v) is 15.1. The van der Waals surface area contributed by atoms with Gasteiger partial charge < -0.3 is 10.5 Å². The summed E-state index contributed by atoms with van der Waals surface area (Å²) in [6.07, 6.45) is 2.04. The number of nitrogens with zero attached hydrogens (tertiary/aromatic N) is 3. The molecule has 2 N–H and O–H groups in total. The van der Waals surface area contributed by atoms with Crippen molar-refractivity contribution in [3.63, 3.8) is 0 Å². The van der Waals surface area contributed by atoms with E-state index < -0.39 is 0 Å². The van der Waals surface area contributed by atoms with Crippen LogP contribution in [0.3, 0.4) is 0 Å². The third kappa shape index (κ3) is 2.64. The first-order valence-corrected chi connectivity index (χ1v) is 8.75. The molecule has 1 aromatic carbocycles. The number of hydrogen-bond acceptors (Lipinski definition) is 5. The molecule has 6 heteroatoms. The Balaban J connectivity index is 1.93. The average Bonchev–Trinajstić information content (AvgIpc) is 3.13. The van der Waals surface area contributed by atoms with Gasteiger partial charge in [0.25, 0.3) is 0 Å². The number of rotatable bonds is 3. The second-order valence-corrected chi connectivity index (χ2v) is 6.97. The van der Waals surface area contributed by atoms with Crippen molar-refractivity contribution in [2.24, 2.45) is 0 Å². The van der Waals surface area contributed by atoms with E-state index in [1.54, 1.807) is 7.11 Å². The molecule has 3 heterocycles. The van der Waals surface area contributed by atoms with Crippen molar-refractivity contribution in [1.29, 1.82) is 0 Å². The average molecular weight is 350 g/mol. The normalized spacial score (nSPS) is 11.2. The minimum absolute atomic E-state index is 0.544. The topological polar surface area (TPSA) is 65.4 Å². The van der Waals surface area contributed by atoms with E-state index in [1.165, 1.54) is 16.9 Å². The first kappa shape index (κ1) is 15.7. The van der Waals surface area contributed by atoms with Gasteiger partial charge in [0.2, 0.25) is 0 Å². The number of ether oxygens (including phenoxy) is 1. The van der Waals surface area contributed by atoms with Gasteiger partial charge in [-0.1, -0.05) is 11.3 Å². The summed E-state index contributed by atoms with van der Waals surface area (Å²) in [7, 11) is 1.66. The summed E-state index contributed by atoms with van der Waals surface area (Å²) in [5.41, 5.74) is 12.0. The number of pyridine rings is 1. The molecule has 0 aliphatic carbocycles. The Morgan fingerprint density at radius 2 is 1.84 bits per heavy atom. The number of methoxy groups -OCH3 is 1. The lowest BCUT2D eigenvalue weighted by Gasteiger charge is -2.06. The van der Waals surface area contributed by atoms with Crippen molar-refractivity contribution in [2.75, 3.05) is 12.8 Å². The highest BCUT2D eigenvalue weighted by molar-refractivity contribution is 7.19. The molecule has 3 aromatic heterocycles. The Labute approximate surface area is 149 Å². The maximum Gasteiger partial charge on any atom is 0.181 e. The van der Waals surface area contributed by atoms with Crippen molar-refractivity contribution < 1.29 is 4.74 Å². The molecule has 0 spiro atoms. The van der Waals surface area contributed by atoms with Crippen LogP contribution in [0.15, 0.2) is 42.6 Å². The second-order valence-electron chi connectivity index (χ2n) is 5.94. The molecular formula is C19H18N4OS. The van der Waals surface area contributed by atoms with Crippen LogP contribution in [0.25, 0.3) is 27.5 Å². The number of aryl methyl sites for hydroxylation is 2. The monoisotopic (exact) mass is 350 g/mol. The van der Waals surface area contributed by atoms with Crippen LogP contribution in [-0.2, 0) is 0 Å². The van der Waals surface area contributed by atoms with Gasteiger partial charge in [0.05, 0.1) is 23.4 Å². The molecule has 0 amide bonds. The first-order chi connectivity index (χ1) is 12.1. The maximum atomic E-state index is 6.05. The highest BCUT2D eigenvalue weighted by atomic mass is 32.1. The summed E-state index contributed by atoms with van der Waals surface area (Å²) in [5.74, 6) is 0.823. The number of anilines is 1. The zero-order valence-electron chi connectivity index (χ0n) is 14.3. The number of imidazole rings is 1. The van der Waals surface area contributed by atoms with Gasteiger partial charge in [0.15, 0.2) is 5.13 Å². The van der Waals surface area contributed by atoms with E-state index in [1.807, 2.05) is 37.4 Å². The van der Waals surface area contributed by atoms with E-state index in [0.717, 1.165) is 38.9 Å². The van der Waals surface area contributed by atoms with Crippen LogP contribution < -0.4 is 10.5 Å². The SMILES string of the molecule is COc1ccc(-c2sc(N)nc2-c2c(C)nc3cc(C)ccn23)cc1. The number of benzene rings is 1. The van der Waals surface area contributed by atoms with E-state index >= 15 is 0 Å². The second kappa shape index (κ2) is 5.89. The van der Waals surface area contributed by atoms with Crippen LogP contribution in [0, 0.1) is 13.8 Å². The van der Waals surface area contributed by atoms with Gasteiger partial charge in [0, 0.05) is 6.20 Å². The van der Waals surface area contributed by atoms with Crippen LogP contribution in [-0.4, -0.2) is 21.5 Å². The molecule has 126 valence electrons. The van der Waals surface area contributed by atoms with Gasteiger partial charge in [-0.15, -0.1) is 0 Å². The number of thiazole rings is 1. The van der Waals surface area contributed by atoms with Gasteiger partial charge in [-0.25, -0.2) is 9.97 Å². The first-order valence-electron chi connectivity index (χ1n) is 7.93. The van der Waals surface area contributed by atoms with Gasteiger partial charge >= 0.3 is 0 Å². The molecule has 0 fully saturated rings. The van der Waals surface area contributed by atoms with Crippen LogP contribution >= 0.6 is 11.3 Å². The molecule has 5 nitrogen and oxygen atoms in total. The molecule has 4 rings (SSSR count). The maximum absolute atomic E-state index is 6.05. The molecule has 0 aliphatic rings. The van der Waals surface area contributed by atoms with Crippen molar-refractivity contribution in [1.82, 2.24) is 14.4 Å². The van der Waals surface area contributed by atoms with Gasteiger partial charge in [0.1, 0.15) is 17.1 Å². The quantitative estimate of drug-likeness (QED) is 0.597. The Morgan fingerprint density at radius 3 is 2.56 bits per heavy atom. The lowest BCUT2D eigenvalue weighted by molar-refractivity contribution is 0.415. The number of fused-ring (bicyclic) bond motifs is 1. The molecule has 0 unspecified atom stereocenters. The standard InChI is InChI=1S/C19H18N4OS/c1-11-8-9-23-15(10-11)21-12(2)17(23)16-18(25-19(20)22-16)13-4-6-14(24-3)7-5-13/h4-10H,1-3H3,(H2,20,22). The van der Waals surface area contributed by atoms with Crippen molar-refractivity contribution in [3.8, 4) is 27.6 Å². The summed E-state index contributed by atoms with van der Waals surface area (Å²) in [5, 5.41) is 0.544. The van der Waals surface area contributed by atoms with Gasteiger partial charge in [-0.05, 0) is 61.4 Å². The van der Waals surface area contributed by atoms with E-state index in [0.29, 0.717) is 5.13 Å². The summed E-state index contributed by atoms with van der Waals surface area (Å²) < 4.78 is 7.32. The van der Waals surface area contributed by atoms with Crippen LogP contribution in [0.1, 0.15) is 11.3 Å². The Kier molecular flexibility index (Phi) is 3.69. The lowest BCUT2D eigenvalue weighted by atomic mass is 10.1. The largest absolute Gasteiger partial charge is 0.497 e. The van der Waals surface area contributed by atoms with Crippen molar-refractivity contribution >= 4 is 22.1 Å². The number of nitrogens with two attached hydrogens (primary N) is 1. The van der Waals surface area contributed by atoms with Crippen molar-refractivity contribution in [3.05, 3.63) is 53.9 Å². The van der Waals surface area contributed by atoms with Gasteiger partial charge in [-0.3, -0.25) is 4.40 Å². The Bertz CT molecular complexity index is 1060. The Hall–Kier alpha value is -2.86. The van der Waals surface area contributed by atoms with E-state index in [-0.39, 0.29) is 0 Å². The number of nitrogen functional groups attached to an aromatic ring is 1. The fraction of sp³-hybridized carbons (Fsp3) is 0.158. The molecule has 0 bridgehead atoms. The summed E-state index contributed by atoms with van der Waals surface area (Å²) in [4.78, 5) is 10.3. The number of aromatic nitrogens is 3. The fourth-order valence-electron chi connectivity index (χ4n) is 2.98. The minimum atomic E-state index is 0.544. The highest BCUT2D eigenvalue weighted by Crippen LogP contribution is 2.39. The summed E-state index contributed by atoms with van der Waals surface area (Å²) in [6.45, 7) is 4.07. The highest BCUT2D eigenvalue weighted by Gasteiger charge is 2.20. The molecule has 4 aromatic rings. The molecule has 0 saturated heterocycles.